The zero-order chi connectivity index (χ0) is 28.5. The van der Waals surface area contributed by atoms with Crippen molar-refractivity contribution in [2.24, 2.45) is 5.92 Å². The largest absolute Gasteiger partial charge is 0.496 e. The van der Waals surface area contributed by atoms with Crippen molar-refractivity contribution < 1.29 is 29.3 Å². The molecule has 1 aromatic heterocycles. The average Bonchev–Trinajstić information content (AvgIpc) is 3.48. The van der Waals surface area contributed by atoms with Crippen molar-refractivity contribution in [1.29, 1.82) is 0 Å². The first-order chi connectivity index (χ1) is 19.4. The molecule has 7 nitrogen and oxygen atoms in total. The first-order valence-corrected chi connectivity index (χ1v) is 14.8. The van der Waals surface area contributed by atoms with Crippen LogP contribution in [-0.4, -0.2) is 59.6 Å². The summed E-state index contributed by atoms with van der Waals surface area (Å²) in [6, 6.07) is 17.0. The van der Waals surface area contributed by atoms with Crippen molar-refractivity contribution in [3.63, 3.8) is 0 Å². The Labute approximate surface area is 239 Å². The first-order valence-electron chi connectivity index (χ1n) is 13.9. The lowest BCUT2D eigenvalue weighted by Crippen LogP contribution is -2.32. The molecule has 2 aromatic carbocycles. The molecule has 1 aliphatic heterocycles. The molecule has 1 fully saturated rings. The van der Waals surface area contributed by atoms with Crippen LogP contribution < -0.4 is 4.74 Å². The highest BCUT2D eigenvalue weighted by Gasteiger charge is 2.31. The van der Waals surface area contributed by atoms with Crippen LogP contribution in [0.3, 0.4) is 0 Å². The van der Waals surface area contributed by atoms with Gasteiger partial charge in [0.2, 0.25) is 0 Å². The lowest BCUT2D eigenvalue weighted by atomic mass is 9.78. The number of ether oxygens (including phenoxy) is 1. The van der Waals surface area contributed by atoms with Crippen molar-refractivity contribution in [3.8, 4) is 5.75 Å². The van der Waals surface area contributed by atoms with E-state index in [1.165, 1.54) is 40.5 Å². The van der Waals surface area contributed by atoms with Gasteiger partial charge in [-0.05, 0) is 66.3 Å². The Morgan fingerprint density at radius 1 is 1.00 bits per heavy atom. The van der Waals surface area contributed by atoms with E-state index in [0.29, 0.717) is 5.78 Å². The predicted molar refractivity (Wildman–Crippen MR) is 158 cm³/mol. The summed E-state index contributed by atoms with van der Waals surface area (Å²) in [5.41, 5.74) is 3.92. The number of hydrogen-bond donors (Lipinski definition) is 2. The Hall–Kier alpha value is -3.49. The first kappa shape index (κ1) is 29.5. The SMILES string of the molecule is COc1ccccc1C(CCN1CC=C(c2cccc3ccsc23)CC1)C(=O)C1CCCCC1.O=C(O)C(=O)O. The highest BCUT2D eigenvalue weighted by Crippen LogP contribution is 2.37. The molecule has 212 valence electrons. The van der Waals surface area contributed by atoms with Gasteiger partial charge in [0.15, 0.2) is 0 Å². The molecule has 3 aromatic rings. The third-order valence-electron chi connectivity index (χ3n) is 7.90. The van der Waals surface area contributed by atoms with E-state index in [2.05, 4.69) is 46.7 Å². The number of carboxylic acids is 2. The van der Waals surface area contributed by atoms with Crippen molar-refractivity contribution in [1.82, 2.24) is 4.90 Å². The Balaban J connectivity index is 0.000000557. The number of benzene rings is 2. The quantitative estimate of drug-likeness (QED) is 0.302. The maximum absolute atomic E-state index is 13.7. The Morgan fingerprint density at radius 2 is 1.75 bits per heavy atom. The predicted octanol–water partition coefficient (Wildman–Crippen LogP) is 6.48. The minimum atomic E-state index is -1.82. The zero-order valence-electron chi connectivity index (χ0n) is 22.9. The van der Waals surface area contributed by atoms with E-state index in [0.717, 1.165) is 56.6 Å². The van der Waals surface area contributed by atoms with E-state index in [-0.39, 0.29) is 11.8 Å². The van der Waals surface area contributed by atoms with E-state index in [9.17, 15) is 4.79 Å². The second-order valence-electron chi connectivity index (χ2n) is 10.4. The molecule has 0 amide bonds. The van der Waals surface area contributed by atoms with Gasteiger partial charge in [0.1, 0.15) is 11.5 Å². The summed E-state index contributed by atoms with van der Waals surface area (Å²) in [6.45, 7) is 2.94. The standard InChI is InChI=1S/C30H35NO2S.C2H2O4/c1-33-28-13-6-5-11-26(28)27(29(32)23-8-3-2-4-9-23)16-20-31-18-14-22(15-19-31)25-12-7-10-24-17-21-34-30(24)25;3-1(4)2(5)6/h5-7,10-14,17,21,23,27H,2-4,8-9,15-16,18-20H2,1H3;(H,3,4)(H,5,6). The summed E-state index contributed by atoms with van der Waals surface area (Å²) in [6.07, 6.45) is 10.1. The topological polar surface area (TPSA) is 104 Å². The van der Waals surface area contributed by atoms with Gasteiger partial charge in [-0.3, -0.25) is 9.69 Å². The summed E-state index contributed by atoms with van der Waals surface area (Å²) in [7, 11) is 1.71. The maximum atomic E-state index is 13.7. The Kier molecular flexibility index (Phi) is 10.5. The van der Waals surface area contributed by atoms with Crippen LogP contribution in [0.5, 0.6) is 5.75 Å². The van der Waals surface area contributed by atoms with Crippen LogP contribution in [0.25, 0.3) is 15.7 Å². The number of aliphatic carboxylic acids is 2. The number of thiophene rings is 1. The number of carboxylic acid groups (broad SMARTS) is 2. The fraction of sp³-hybridized carbons (Fsp3) is 0.406. The van der Waals surface area contributed by atoms with Crippen molar-refractivity contribution in [3.05, 3.63) is 71.1 Å². The minimum Gasteiger partial charge on any atom is -0.496 e. The molecule has 0 saturated heterocycles. The molecular weight excluding hydrogens is 526 g/mol. The van der Waals surface area contributed by atoms with Crippen molar-refractivity contribution >= 4 is 44.7 Å². The number of rotatable bonds is 8. The molecule has 0 spiro atoms. The van der Waals surface area contributed by atoms with E-state index in [4.69, 9.17) is 24.5 Å². The second kappa shape index (κ2) is 14.2. The van der Waals surface area contributed by atoms with Crippen molar-refractivity contribution in [2.45, 2.75) is 50.9 Å². The molecular formula is C32H37NO6S. The fourth-order valence-electron chi connectivity index (χ4n) is 5.79. The van der Waals surface area contributed by atoms with Crippen LogP contribution in [0.15, 0.2) is 60.0 Å². The molecule has 8 heteroatoms. The third kappa shape index (κ3) is 7.37. The van der Waals surface area contributed by atoms with Gasteiger partial charge in [0.25, 0.3) is 0 Å². The monoisotopic (exact) mass is 563 g/mol. The van der Waals surface area contributed by atoms with Crippen LogP contribution in [0.4, 0.5) is 0 Å². The van der Waals surface area contributed by atoms with E-state index >= 15 is 0 Å². The maximum Gasteiger partial charge on any atom is 0.414 e. The van der Waals surface area contributed by atoms with Crippen LogP contribution in [0.2, 0.25) is 0 Å². The lowest BCUT2D eigenvalue weighted by Gasteiger charge is -2.30. The minimum absolute atomic E-state index is 0.0792. The number of Topliss-reactive ketones (excluding diaryl/α,β-unsaturated/α-hetero) is 1. The van der Waals surface area contributed by atoms with Crippen molar-refractivity contribution in [2.75, 3.05) is 26.7 Å². The second-order valence-corrected chi connectivity index (χ2v) is 11.3. The summed E-state index contributed by atoms with van der Waals surface area (Å²) in [5, 5.41) is 18.3. The summed E-state index contributed by atoms with van der Waals surface area (Å²) in [4.78, 5) is 34.4. The third-order valence-corrected chi connectivity index (χ3v) is 8.86. The molecule has 0 bridgehead atoms. The molecule has 1 saturated carbocycles. The Morgan fingerprint density at radius 3 is 2.42 bits per heavy atom. The molecule has 2 N–H and O–H groups in total. The average molecular weight is 564 g/mol. The number of ketones is 1. The van der Waals surface area contributed by atoms with Gasteiger partial charge >= 0.3 is 11.9 Å². The molecule has 2 heterocycles. The van der Waals surface area contributed by atoms with Gasteiger partial charge in [-0.25, -0.2) is 9.59 Å². The molecule has 5 rings (SSSR count). The van der Waals surface area contributed by atoms with Gasteiger partial charge in [0, 0.05) is 35.2 Å². The van der Waals surface area contributed by atoms with Crippen LogP contribution >= 0.6 is 11.3 Å². The van der Waals surface area contributed by atoms with Gasteiger partial charge in [0.05, 0.1) is 7.11 Å². The van der Waals surface area contributed by atoms with Crippen LogP contribution in [0, 0.1) is 5.92 Å². The van der Waals surface area contributed by atoms with Gasteiger partial charge in [-0.15, -0.1) is 11.3 Å². The number of carbonyl (C=O) groups excluding carboxylic acids is 1. The molecule has 1 aliphatic carbocycles. The highest BCUT2D eigenvalue weighted by atomic mass is 32.1. The number of nitrogens with zero attached hydrogens (tertiary/aromatic N) is 1. The number of carbonyl (C=O) groups is 3. The van der Waals surface area contributed by atoms with E-state index in [1.54, 1.807) is 7.11 Å². The summed E-state index contributed by atoms with van der Waals surface area (Å²) < 4.78 is 7.07. The highest BCUT2D eigenvalue weighted by molar-refractivity contribution is 7.17. The Bertz CT molecular complexity index is 1340. The number of para-hydroxylation sites is 1. The van der Waals surface area contributed by atoms with Gasteiger partial charge in [-0.2, -0.15) is 0 Å². The van der Waals surface area contributed by atoms with Crippen LogP contribution in [-0.2, 0) is 14.4 Å². The summed E-state index contributed by atoms with van der Waals surface area (Å²) >= 11 is 1.84. The molecule has 2 aliphatic rings. The van der Waals surface area contributed by atoms with Gasteiger partial charge in [-0.1, -0.05) is 61.7 Å². The van der Waals surface area contributed by atoms with E-state index in [1.807, 2.05) is 29.5 Å². The number of methoxy groups -OCH3 is 1. The molecule has 40 heavy (non-hydrogen) atoms. The normalized spacial score (nSPS) is 16.9. The lowest BCUT2D eigenvalue weighted by molar-refractivity contribution is -0.159. The number of hydrogen-bond acceptors (Lipinski definition) is 6. The molecule has 1 atom stereocenters. The fourth-order valence-corrected chi connectivity index (χ4v) is 6.74. The molecule has 0 radical (unpaired) electrons. The number of fused-ring (bicyclic) bond motifs is 1. The van der Waals surface area contributed by atoms with E-state index < -0.39 is 11.9 Å². The summed E-state index contributed by atoms with van der Waals surface area (Å²) in [5.74, 6) is -2.24. The smallest absolute Gasteiger partial charge is 0.414 e. The van der Waals surface area contributed by atoms with Gasteiger partial charge < -0.3 is 14.9 Å². The molecule has 1 unspecified atom stereocenters. The van der Waals surface area contributed by atoms with Crippen LogP contribution in [0.1, 0.15) is 62.0 Å². The zero-order valence-corrected chi connectivity index (χ0v) is 23.7.